The molecule has 1 unspecified atom stereocenters. The molecule has 0 amide bonds. The maximum absolute atomic E-state index is 13.4. The SMILES string of the molecule is COc1cc(C2CC2)cc2c1c(NCC1CC1(F)F)nc(=O)n2-c1ccccc1Cl. The monoisotopic (exact) mass is 431 g/mol. The van der Waals surface area contributed by atoms with Crippen LogP contribution in [0.2, 0.25) is 5.02 Å². The molecule has 2 saturated carbocycles. The van der Waals surface area contributed by atoms with Gasteiger partial charge in [-0.3, -0.25) is 4.57 Å². The standard InChI is InChI=1S/C22H20ClF2N3O2/c1-30-18-9-13(12-6-7-12)8-17-19(18)20(26-11-14-10-22(14,24)25)27-21(29)28(17)16-5-3-2-4-15(16)23/h2-5,8-9,12,14H,6-7,10-11H2,1H3,(H,26,27,29). The van der Waals surface area contributed by atoms with E-state index in [0.717, 1.165) is 18.4 Å². The molecule has 1 atom stereocenters. The normalized spacial score (nSPS) is 19.7. The van der Waals surface area contributed by atoms with E-state index in [1.807, 2.05) is 12.1 Å². The van der Waals surface area contributed by atoms with Gasteiger partial charge in [-0.15, -0.1) is 0 Å². The van der Waals surface area contributed by atoms with Crippen LogP contribution in [0.5, 0.6) is 5.75 Å². The maximum atomic E-state index is 13.4. The maximum Gasteiger partial charge on any atom is 0.354 e. The predicted octanol–water partition coefficient (Wildman–Crippen LogP) is 4.99. The summed E-state index contributed by atoms with van der Waals surface area (Å²) in [6, 6.07) is 10.9. The molecule has 3 aromatic rings. The van der Waals surface area contributed by atoms with Gasteiger partial charge in [0.15, 0.2) is 0 Å². The van der Waals surface area contributed by atoms with Gasteiger partial charge in [-0.2, -0.15) is 4.98 Å². The zero-order valence-corrected chi connectivity index (χ0v) is 17.0. The van der Waals surface area contributed by atoms with Crippen LogP contribution in [0.3, 0.4) is 0 Å². The van der Waals surface area contributed by atoms with E-state index >= 15 is 0 Å². The van der Waals surface area contributed by atoms with Crippen LogP contribution in [-0.4, -0.2) is 29.1 Å². The van der Waals surface area contributed by atoms with E-state index in [1.54, 1.807) is 31.4 Å². The second-order valence-corrected chi connectivity index (χ2v) is 8.37. The smallest absolute Gasteiger partial charge is 0.354 e. The summed E-state index contributed by atoms with van der Waals surface area (Å²) in [6.45, 7) is 0.0399. The molecule has 0 bridgehead atoms. The first-order chi connectivity index (χ1) is 14.4. The van der Waals surface area contributed by atoms with Crippen LogP contribution < -0.4 is 15.7 Å². The molecule has 0 radical (unpaired) electrons. The number of anilines is 1. The molecule has 30 heavy (non-hydrogen) atoms. The zero-order valence-electron chi connectivity index (χ0n) is 16.3. The van der Waals surface area contributed by atoms with Crippen LogP contribution >= 0.6 is 11.6 Å². The number of methoxy groups -OCH3 is 1. The molecule has 1 heterocycles. The number of nitrogens with zero attached hydrogens (tertiary/aromatic N) is 2. The fourth-order valence-corrected chi connectivity index (χ4v) is 4.08. The van der Waals surface area contributed by atoms with Crippen molar-refractivity contribution in [3.8, 4) is 11.4 Å². The Kier molecular flexibility index (Phi) is 4.47. The molecule has 2 aromatic carbocycles. The van der Waals surface area contributed by atoms with E-state index < -0.39 is 17.5 Å². The lowest BCUT2D eigenvalue weighted by atomic mass is 10.1. The molecule has 8 heteroatoms. The summed E-state index contributed by atoms with van der Waals surface area (Å²) < 4.78 is 33.8. The summed E-state index contributed by atoms with van der Waals surface area (Å²) in [6.07, 6.45) is 2.01. The number of hydrogen-bond acceptors (Lipinski definition) is 4. The number of hydrogen-bond donors (Lipinski definition) is 1. The average Bonchev–Trinajstić information content (AvgIpc) is 3.63. The van der Waals surface area contributed by atoms with E-state index in [1.165, 1.54) is 4.57 Å². The third kappa shape index (κ3) is 3.31. The molecule has 0 saturated heterocycles. The van der Waals surface area contributed by atoms with Crippen LogP contribution in [-0.2, 0) is 0 Å². The van der Waals surface area contributed by atoms with Crippen molar-refractivity contribution in [2.45, 2.75) is 31.1 Å². The number of ether oxygens (including phenoxy) is 1. The first kappa shape index (κ1) is 19.3. The summed E-state index contributed by atoms with van der Waals surface area (Å²) in [4.78, 5) is 17.2. The minimum atomic E-state index is -2.65. The Morgan fingerprint density at radius 3 is 2.67 bits per heavy atom. The molecule has 2 aliphatic carbocycles. The van der Waals surface area contributed by atoms with Gasteiger partial charge in [0.2, 0.25) is 0 Å². The minimum Gasteiger partial charge on any atom is -0.496 e. The first-order valence-corrected chi connectivity index (χ1v) is 10.3. The van der Waals surface area contributed by atoms with Crippen molar-refractivity contribution in [3.05, 3.63) is 57.5 Å². The molecule has 2 aliphatic rings. The Morgan fingerprint density at radius 1 is 1.30 bits per heavy atom. The van der Waals surface area contributed by atoms with Gasteiger partial charge in [-0.25, -0.2) is 13.6 Å². The molecule has 0 spiro atoms. The Hall–Kier alpha value is -2.67. The number of rotatable bonds is 6. The van der Waals surface area contributed by atoms with Crippen LogP contribution in [0.1, 0.15) is 30.7 Å². The summed E-state index contributed by atoms with van der Waals surface area (Å²) in [5.41, 5.74) is 1.65. The van der Waals surface area contributed by atoms with Crippen LogP contribution in [0.4, 0.5) is 14.6 Å². The summed E-state index contributed by atoms with van der Waals surface area (Å²) in [7, 11) is 1.55. The summed E-state index contributed by atoms with van der Waals surface area (Å²) in [5.74, 6) is -2.18. The molecule has 5 nitrogen and oxygen atoms in total. The third-order valence-electron chi connectivity index (χ3n) is 5.81. The Balaban J connectivity index is 1.73. The van der Waals surface area contributed by atoms with Crippen LogP contribution in [0.25, 0.3) is 16.6 Å². The Morgan fingerprint density at radius 2 is 2.03 bits per heavy atom. The first-order valence-electron chi connectivity index (χ1n) is 9.90. The van der Waals surface area contributed by atoms with E-state index in [-0.39, 0.29) is 18.8 Å². The van der Waals surface area contributed by atoms with Crippen molar-refractivity contribution in [2.24, 2.45) is 5.92 Å². The summed E-state index contributed by atoms with van der Waals surface area (Å²) >= 11 is 6.38. The highest BCUT2D eigenvalue weighted by atomic mass is 35.5. The van der Waals surface area contributed by atoms with Gasteiger partial charge in [0.05, 0.1) is 28.7 Å². The highest BCUT2D eigenvalue weighted by molar-refractivity contribution is 6.32. The lowest BCUT2D eigenvalue weighted by Crippen LogP contribution is -2.25. The van der Waals surface area contributed by atoms with Crippen molar-refractivity contribution in [1.29, 1.82) is 0 Å². The largest absolute Gasteiger partial charge is 0.496 e. The highest BCUT2D eigenvalue weighted by Gasteiger charge is 2.56. The van der Waals surface area contributed by atoms with E-state index in [0.29, 0.717) is 33.3 Å². The molecule has 156 valence electrons. The second-order valence-electron chi connectivity index (χ2n) is 7.96. The lowest BCUT2D eigenvalue weighted by molar-refractivity contribution is 0.101. The number of halogens is 3. The molecular weight excluding hydrogens is 412 g/mol. The molecule has 1 N–H and O–H groups in total. The molecule has 1 aromatic heterocycles. The number of para-hydroxylation sites is 1. The van der Waals surface area contributed by atoms with Crippen LogP contribution in [0.15, 0.2) is 41.2 Å². The van der Waals surface area contributed by atoms with Crippen molar-refractivity contribution >= 4 is 28.3 Å². The quantitative estimate of drug-likeness (QED) is 0.597. The molecule has 2 fully saturated rings. The molecular formula is C22H20ClF2N3O2. The van der Waals surface area contributed by atoms with Crippen molar-refractivity contribution in [3.63, 3.8) is 0 Å². The fraction of sp³-hybridized carbons (Fsp3) is 0.364. The van der Waals surface area contributed by atoms with Gasteiger partial charge in [-0.05, 0) is 48.6 Å². The van der Waals surface area contributed by atoms with E-state index in [4.69, 9.17) is 16.3 Å². The van der Waals surface area contributed by atoms with Gasteiger partial charge in [0.1, 0.15) is 11.6 Å². The fourth-order valence-electron chi connectivity index (χ4n) is 3.86. The molecule has 0 aliphatic heterocycles. The van der Waals surface area contributed by atoms with E-state index in [2.05, 4.69) is 10.3 Å². The Labute approximate surface area is 176 Å². The lowest BCUT2D eigenvalue weighted by Gasteiger charge is -2.18. The average molecular weight is 432 g/mol. The van der Waals surface area contributed by atoms with E-state index in [9.17, 15) is 13.6 Å². The topological polar surface area (TPSA) is 56.1 Å². The second kappa shape index (κ2) is 6.94. The van der Waals surface area contributed by atoms with Crippen molar-refractivity contribution in [1.82, 2.24) is 9.55 Å². The van der Waals surface area contributed by atoms with Gasteiger partial charge in [0, 0.05) is 18.9 Å². The number of alkyl halides is 2. The zero-order chi connectivity index (χ0) is 21.0. The van der Waals surface area contributed by atoms with Crippen LogP contribution in [0, 0.1) is 5.92 Å². The number of benzene rings is 2. The van der Waals surface area contributed by atoms with Gasteiger partial charge < -0.3 is 10.1 Å². The predicted molar refractivity (Wildman–Crippen MR) is 112 cm³/mol. The Bertz CT molecular complexity index is 1210. The third-order valence-corrected chi connectivity index (χ3v) is 6.13. The number of fused-ring (bicyclic) bond motifs is 1. The highest BCUT2D eigenvalue weighted by Crippen LogP contribution is 2.49. The van der Waals surface area contributed by atoms with Gasteiger partial charge >= 0.3 is 5.69 Å². The van der Waals surface area contributed by atoms with Gasteiger partial charge in [-0.1, -0.05) is 23.7 Å². The van der Waals surface area contributed by atoms with Crippen molar-refractivity contribution < 1.29 is 13.5 Å². The summed E-state index contributed by atoms with van der Waals surface area (Å²) in [5, 5.41) is 3.95. The number of nitrogens with one attached hydrogen (secondary N) is 1. The van der Waals surface area contributed by atoms with Crippen molar-refractivity contribution in [2.75, 3.05) is 19.0 Å². The minimum absolute atomic E-state index is 0.0399. The number of aromatic nitrogens is 2. The van der Waals surface area contributed by atoms with Gasteiger partial charge in [0.25, 0.3) is 5.92 Å². The molecule has 5 rings (SSSR count).